The Hall–Kier alpha value is -2.99. The van der Waals surface area contributed by atoms with Gasteiger partial charge in [-0.2, -0.15) is 5.10 Å². The molecule has 6 heteroatoms. The molecule has 1 N–H and O–H groups in total. The molecule has 0 fully saturated rings. The quantitative estimate of drug-likeness (QED) is 0.237. The first-order valence-electron chi connectivity index (χ1n) is 9.47. The van der Waals surface area contributed by atoms with Gasteiger partial charge in [-0.25, -0.2) is 5.43 Å². The number of thioether (sulfide) groups is 1. The number of hydrogen-bond donors (Lipinski definition) is 1. The van der Waals surface area contributed by atoms with Crippen molar-refractivity contribution < 1.29 is 14.3 Å². The minimum atomic E-state index is -0.213. The number of benzene rings is 3. The van der Waals surface area contributed by atoms with E-state index in [4.69, 9.17) is 9.47 Å². The topological polar surface area (TPSA) is 59.9 Å². The average molecular weight is 409 g/mol. The van der Waals surface area contributed by atoms with Gasteiger partial charge in [0.25, 0.3) is 0 Å². The van der Waals surface area contributed by atoms with Gasteiger partial charge in [-0.15, -0.1) is 11.8 Å². The van der Waals surface area contributed by atoms with E-state index in [9.17, 15) is 4.79 Å². The molecule has 3 rings (SSSR count). The number of nitrogens with one attached hydrogen (secondary N) is 1. The Morgan fingerprint density at radius 2 is 1.90 bits per heavy atom. The number of carbonyl (C=O) groups is 1. The summed E-state index contributed by atoms with van der Waals surface area (Å²) in [6.07, 6.45) is 1.57. The van der Waals surface area contributed by atoms with Gasteiger partial charge >= 0.3 is 0 Å². The van der Waals surface area contributed by atoms with E-state index in [0.29, 0.717) is 24.7 Å². The summed E-state index contributed by atoms with van der Waals surface area (Å²) in [5, 5.41) is 6.39. The summed E-state index contributed by atoms with van der Waals surface area (Å²) in [5.74, 6) is 1.97. The molecule has 0 unspecified atom stereocenters. The predicted octanol–water partition coefficient (Wildman–Crippen LogP) is 4.88. The second kappa shape index (κ2) is 10.5. The van der Waals surface area contributed by atoms with Crippen LogP contribution in [-0.4, -0.2) is 31.1 Å². The zero-order chi connectivity index (χ0) is 20.5. The maximum Gasteiger partial charge on any atom is 0.236 e. The minimum Gasteiger partial charge on any atom is -0.490 e. The van der Waals surface area contributed by atoms with Crippen LogP contribution in [0.25, 0.3) is 10.8 Å². The molecule has 0 bridgehead atoms. The van der Waals surface area contributed by atoms with E-state index in [2.05, 4.69) is 53.0 Å². The van der Waals surface area contributed by atoms with Crippen LogP contribution in [0.1, 0.15) is 19.4 Å². The molecule has 1 amide bonds. The Labute approximate surface area is 175 Å². The standard InChI is InChI=1S/C23H24N2O3S/c1-3-27-22-15-18(16-24-25-17(2)26)11-12-21(22)28-13-14-29-23-10-6-8-19-7-4-5-9-20(19)23/h4-12,15-16H,3,13-14H2,1-2H3,(H,25,26)/b24-16+. The van der Waals surface area contributed by atoms with E-state index in [1.165, 1.54) is 22.6 Å². The fourth-order valence-electron chi connectivity index (χ4n) is 2.82. The molecular formula is C23H24N2O3S. The lowest BCUT2D eigenvalue weighted by molar-refractivity contribution is -0.118. The number of hydrazone groups is 1. The fraction of sp³-hybridized carbons (Fsp3) is 0.217. The molecule has 0 saturated heterocycles. The number of amides is 1. The van der Waals surface area contributed by atoms with Crippen molar-refractivity contribution in [2.75, 3.05) is 19.0 Å². The van der Waals surface area contributed by atoms with Gasteiger partial charge in [-0.3, -0.25) is 4.79 Å². The Bertz CT molecular complexity index is 999. The van der Waals surface area contributed by atoms with Crippen LogP contribution in [0, 0.1) is 0 Å². The highest BCUT2D eigenvalue weighted by molar-refractivity contribution is 7.99. The molecule has 0 atom stereocenters. The van der Waals surface area contributed by atoms with Crippen LogP contribution in [0.15, 0.2) is 70.7 Å². The summed E-state index contributed by atoms with van der Waals surface area (Å²) in [5.41, 5.74) is 3.20. The van der Waals surface area contributed by atoms with E-state index in [-0.39, 0.29) is 5.91 Å². The van der Waals surface area contributed by atoms with Crippen LogP contribution in [0.5, 0.6) is 11.5 Å². The Morgan fingerprint density at radius 3 is 2.72 bits per heavy atom. The lowest BCUT2D eigenvalue weighted by atomic mass is 10.1. The molecule has 3 aromatic rings. The molecule has 29 heavy (non-hydrogen) atoms. The molecule has 0 spiro atoms. The number of nitrogens with zero attached hydrogens (tertiary/aromatic N) is 1. The smallest absolute Gasteiger partial charge is 0.236 e. The molecule has 150 valence electrons. The number of carbonyl (C=O) groups excluding carboxylic acids is 1. The van der Waals surface area contributed by atoms with Crippen LogP contribution in [-0.2, 0) is 4.79 Å². The van der Waals surface area contributed by atoms with Crippen LogP contribution in [0.2, 0.25) is 0 Å². The third kappa shape index (κ3) is 5.99. The first-order chi connectivity index (χ1) is 14.2. The van der Waals surface area contributed by atoms with Crippen molar-refractivity contribution in [2.24, 2.45) is 5.10 Å². The molecule has 3 aromatic carbocycles. The van der Waals surface area contributed by atoms with Crippen LogP contribution >= 0.6 is 11.8 Å². The summed E-state index contributed by atoms with van der Waals surface area (Å²) in [6.45, 7) is 4.44. The zero-order valence-corrected chi connectivity index (χ0v) is 17.4. The van der Waals surface area contributed by atoms with E-state index >= 15 is 0 Å². The molecule has 0 saturated carbocycles. The molecule has 0 radical (unpaired) electrons. The second-order valence-corrected chi connectivity index (χ2v) is 7.38. The molecule has 0 heterocycles. The van der Waals surface area contributed by atoms with Gasteiger partial charge in [-0.05, 0) is 47.5 Å². The lowest BCUT2D eigenvalue weighted by Crippen LogP contribution is -2.12. The summed E-state index contributed by atoms with van der Waals surface area (Å²) in [7, 11) is 0. The maximum atomic E-state index is 10.9. The van der Waals surface area contributed by atoms with E-state index in [0.717, 1.165) is 11.3 Å². The van der Waals surface area contributed by atoms with Crippen molar-refractivity contribution in [3.05, 3.63) is 66.2 Å². The number of ether oxygens (including phenoxy) is 2. The summed E-state index contributed by atoms with van der Waals surface area (Å²) in [4.78, 5) is 12.2. The summed E-state index contributed by atoms with van der Waals surface area (Å²) >= 11 is 1.78. The first-order valence-corrected chi connectivity index (χ1v) is 10.5. The van der Waals surface area contributed by atoms with Crippen LogP contribution < -0.4 is 14.9 Å². The van der Waals surface area contributed by atoms with Gasteiger partial charge in [0.1, 0.15) is 0 Å². The monoisotopic (exact) mass is 408 g/mol. The van der Waals surface area contributed by atoms with Gasteiger partial charge < -0.3 is 9.47 Å². The van der Waals surface area contributed by atoms with Gasteiger partial charge in [0.15, 0.2) is 11.5 Å². The Morgan fingerprint density at radius 1 is 1.07 bits per heavy atom. The maximum absolute atomic E-state index is 10.9. The molecule has 5 nitrogen and oxygen atoms in total. The van der Waals surface area contributed by atoms with Crippen molar-refractivity contribution in [1.82, 2.24) is 5.43 Å². The fourth-order valence-corrected chi connectivity index (χ4v) is 3.72. The number of fused-ring (bicyclic) bond motifs is 1. The zero-order valence-electron chi connectivity index (χ0n) is 16.6. The predicted molar refractivity (Wildman–Crippen MR) is 119 cm³/mol. The van der Waals surface area contributed by atoms with E-state index in [1.807, 2.05) is 25.1 Å². The average Bonchev–Trinajstić information content (AvgIpc) is 2.72. The lowest BCUT2D eigenvalue weighted by Gasteiger charge is -2.13. The molecule has 0 aliphatic carbocycles. The highest BCUT2D eigenvalue weighted by Gasteiger charge is 2.07. The third-order valence-electron chi connectivity index (χ3n) is 4.05. The SMILES string of the molecule is CCOc1cc(/C=N/NC(C)=O)ccc1OCCSc1cccc2ccccc12. The van der Waals surface area contributed by atoms with Gasteiger partial charge in [-0.1, -0.05) is 36.4 Å². The summed E-state index contributed by atoms with van der Waals surface area (Å²) < 4.78 is 11.7. The number of rotatable bonds is 9. The largest absolute Gasteiger partial charge is 0.490 e. The Balaban J connectivity index is 1.60. The third-order valence-corrected chi connectivity index (χ3v) is 5.09. The van der Waals surface area contributed by atoms with Crippen molar-refractivity contribution in [1.29, 1.82) is 0 Å². The molecule has 0 aliphatic heterocycles. The first kappa shape index (κ1) is 20.7. The summed E-state index contributed by atoms with van der Waals surface area (Å²) in [6, 6.07) is 20.3. The van der Waals surface area contributed by atoms with Crippen molar-refractivity contribution in [3.8, 4) is 11.5 Å². The molecule has 0 aromatic heterocycles. The van der Waals surface area contributed by atoms with Crippen molar-refractivity contribution >= 4 is 34.7 Å². The van der Waals surface area contributed by atoms with Crippen LogP contribution in [0.4, 0.5) is 0 Å². The van der Waals surface area contributed by atoms with Crippen molar-refractivity contribution in [2.45, 2.75) is 18.7 Å². The van der Waals surface area contributed by atoms with E-state index in [1.54, 1.807) is 18.0 Å². The molecule has 0 aliphatic rings. The minimum absolute atomic E-state index is 0.213. The normalized spacial score (nSPS) is 11.0. The van der Waals surface area contributed by atoms with Crippen LogP contribution in [0.3, 0.4) is 0 Å². The van der Waals surface area contributed by atoms with E-state index < -0.39 is 0 Å². The van der Waals surface area contributed by atoms with Gasteiger partial charge in [0, 0.05) is 17.6 Å². The number of hydrogen-bond acceptors (Lipinski definition) is 5. The van der Waals surface area contributed by atoms with Crippen molar-refractivity contribution in [3.63, 3.8) is 0 Å². The molecular weight excluding hydrogens is 384 g/mol. The highest BCUT2D eigenvalue weighted by atomic mass is 32.2. The second-order valence-electron chi connectivity index (χ2n) is 6.24. The Kier molecular flexibility index (Phi) is 7.53. The highest BCUT2D eigenvalue weighted by Crippen LogP contribution is 2.30. The van der Waals surface area contributed by atoms with Gasteiger partial charge in [0.2, 0.25) is 5.91 Å². The van der Waals surface area contributed by atoms with Gasteiger partial charge in [0.05, 0.1) is 19.4 Å².